The Labute approximate surface area is 141 Å². The van der Waals surface area contributed by atoms with E-state index < -0.39 is 10.0 Å². The van der Waals surface area contributed by atoms with Gasteiger partial charge in [-0.2, -0.15) is 9.29 Å². The SMILES string of the molecule is COc1ccc(-c2nc(CN3CCN(S(C)(=O)=O)CC3)no2)cc1. The fourth-order valence-electron chi connectivity index (χ4n) is 2.59. The zero-order chi connectivity index (χ0) is 17.2. The van der Waals surface area contributed by atoms with E-state index in [1.54, 1.807) is 7.11 Å². The van der Waals surface area contributed by atoms with Gasteiger partial charge in [-0.15, -0.1) is 0 Å². The van der Waals surface area contributed by atoms with Crippen LogP contribution < -0.4 is 4.74 Å². The number of piperazine rings is 1. The van der Waals surface area contributed by atoms with Gasteiger partial charge in [0.05, 0.1) is 19.9 Å². The van der Waals surface area contributed by atoms with Crippen LogP contribution in [0.2, 0.25) is 0 Å². The highest BCUT2D eigenvalue weighted by Crippen LogP contribution is 2.21. The number of hydrogen-bond donors (Lipinski definition) is 0. The van der Waals surface area contributed by atoms with E-state index in [1.165, 1.54) is 10.6 Å². The van der Waals surface area contributed by atoms with Gasteiger partial charge in [-0.25, -0.2) is 8.42 Å². The molecule has 1 aromatic heterocycles. The molecular formula is C15H20N4O4S. The van der Waals surface area contributed by atoms with Gasteiger partial charge in [0.15, 0.2) is 5.82 Å². The first-order valence-electron chi connectivity index (χ1n) is 7.60. The van der Waals surface area contributed by atoms with Crippen molar-refractivity contribution in [3.8, 4) is 17.2 Å². The first kappa shape index (κ1) is 16.9. The Bertz CT molecular complexity index is 780. The quantitative estimate of drug-likeness (QED) is 0.787. The molecule has 130 valence electrons. The molecule has 8 nitrogen and oxygen atoms in total. The number of methoxy groups -OCH3 is 1. The summed E-state index contributed by atoms with van der Waals surface area (Å²) < 4.78 is 35.0. The number of ether oxygens (including phenoxy) is 1. The van der Waals surface area contributed by atoms with Gasteiger partial charge in [-0.1, -0.05) is 5.16 Å². The molecule has 1 fully saturated rings. The zero-order valence-corrected chi connectivity index (χ0v) is 14.5. The molecule has 0 aliphatic carbocycles. The van der Waals surface area contributed by atoms with Crippen molar-refractivity contribution in [1.29, 1.82) is 0 Å². The van der Waals surface area contributed by atoms with Crippen molar-refractivity contribution in [2.75, 3.05) is 39.5 Å². The van der Waals surface area contributed by atoms with Crippen molar-refractivity contribution in [3.05, 3.63) is 30.1 Å². The van der Waals surface area contributed by atoms with Gasteiger partial charge in [0.1, 0.15) is 5.75 Å². The molecule has 2 aromatic rings. The van der Waals surface area contributed by atoms with E-state index in [-0.39, 0.29) is 0 Å². The minimum absolute atomic E-state index is 0.461. The number of benzene rings is 1. The van der Waals surface area contributed by atoms with Gasteiger partial charge in [0, 0.05) is 31.7 Å². The van der Waals surface area contributed by atoms with Crippen LogP contribution in [0, 0.1) is 0 Å². The fourth-order valence-corrected chi connectivity index (χ4v) is 3.41. The van der Waals surface area contributed by atoms with Crippen LogP contribution in [-0.4, -0.2) is 67.3 Å². The third-order valence-corrected chi connectivity index (χ3v) is 5.27. The summed E-state index contributed by atoms with van der Waals surface area (Å²) in [6.45, 7) is 2.82. The van der Waals surface area contributed by atoms with E-state index in [0.717, 1.165) is 11.3 Å². The summed E-state index contributed by atoms with van der Waals surface area (Å²) in [6.07, 6.45) is 1.24. The Morgan fingerprint density at radius 3 is 2.42 bits per heavy atom. The maximum atomic E-state index is 11.5. The first-order chi connectivity index (χ1) is 11.5. The van der Waals surface area contributed by atoms with Gasteiger partial charge in [0.25, 0.3) is 5.89 Å². The molecule has 1 saturated heterocycles. The molecule has 1 aliphatic heterocycles. The van der Waals surface area contributed by atoms with Crippen LogP contribution in [0.3, 0.4) is 0 Å². The van der Waals surface area contributed by atoms with Crippen LogP contribution in [0.25, 0.3) is 11.5 Å². The largest absolute Gasteiger partial charge is 0.497 e. The van der Waals surface area contributed by atoms with Gasteiger partial charge in [0.2, 0.25) is 10.0 Å². The second-order valence-corrected chi connectivity index (χ2v) is 7.66. The van der Waals surface area contributed by atoms with Gasteiger partial charge in [-0.3, -0.25) is 4.90 Å². The van der Waals surface area contributed by atoms with Crippen molar-refractivity contribution >= 4 is 10.0 Å². The van der Waals surface area contributed by atoms with Crippen LogP contribution >= 0.6 is 0 Å². The molecule has 2 heterocycles. The fraction of sp³-hybridized carbons (Fsp3) is 0.467. The molecule has 0 unspecified atom stereocenters. The molecule has 24 heavy (non-hydrogen) atoms. The molecule has 0 amide bonds. The van der Waals surface area contributed by atoms with Crippen LogP contribution in [0.5, 0.6) is 5.75 Å². The molecule has 0 N–H and O–H groups in total. The van der Waals surface area contributed by atoms with E-state index in [9.17, 15) is 8.42 Å². The van der Waals surface area contributed by atoms with Crippen LogP contribution in [0.1, 0.15) is 5.82 Å². The number of nitrogens with zero attached hydrogens (tertiary/aromatic N) is 4. The normalized spacial score (nSPS) is 17.1. The highest BCUT2D eigenvalue weighted by atomic mass is 32.2. The third-order valence-electron chi connectivity index (χ3n) is 3.97. The van der Waals surface area contributed by atoms with Gasteiger partial charge >= 0.3 is 0 Å². The summed E-state index contributed by atoms with van der Waals surface area (Å²) in [6, 6.07) is 7.40. The third kappa shape index (κ3) is 3.92. The lowest BCUT2D eigenvalue weighted by molar-refractivity contribution is 0.177. The lowest BCUT2D eigenvalue weighted by Crippen LogP contribution is -2.47. The number of aromatic nitrogens is 2. The monoisotopic (exact) mass is 352 g/mol. The van der Waals surface area contributed by atoms with E-state index in [0.29, 0.717) is 44.4 Å². The maximum Gasteiger partial charge on any atom is 0.257 e. The lowest BCUT2D eigenvalue weighted by Gasteiger charge is -2.32. The van der Waals surface area contributed by atoms with Crippen molar-refractivity contribution in [2.24, 2.45) is 0 Å². The second-order valence-electron chi connectivity index (χ2n) is 5.68. The standard InChI is InChI=1S/C15H20N4O4S/c1-22-13-5-3-12(4-6-13)15-16-14(17-23-15)11-18-7-9-19(10-8-18)24(2,20)21/h3-6H,7-11H2,1-2H3. The van der Waals surface area contributed by atoms with E-state index >= 15 is 0 Å². The average molecular weight is 352 g/mol. The Morgan fingerprint density at radius 2 is 1.83 bits per heavy atom. The predicted octanol–water partition coefficient (Wildman–Crippen LogP) is 0.822. The summed E-state index contributed by atoms with van der Waals surface area (Å²) in [7, 11) is -1.50. The van der Waals surface area contributed by atoms with Gasteiger partial charge in [-0.05, 0) is 24.3 Å². The number of sulfonamides is 1. The van der Waals surface area contributed by atoms with Crippen LogP contribution in [-0.2, 0) is 16.6 Å². The first-order valence-corrected chi connectivity index (χ1v) is 9.45. The topological polar surface area (TPSA) is 88.8 Å². The van der Waals surface area contributed by atoms with Gasteiger partial charge < -0.3 is 9.26 Å². The molecular weight excluding hydrogens is 332 g/mol. The Hall–Kier alpha value is -1.97. The molecule has 0 radical (unpaired) electrons. The molecule has 9 heteroatoms. The van der Waals surface area contributed by atoms with Crippen LogP contribution in [0.15, 0.2) is 28.8 Å². The molecule has 1 aromatic carbocycles. The van der Waals surface area contributed by atoms with Crippen molar-refractivity contribution < 1.29 is 17.7 Å². The smallest absolute Gasteiger partial charge is 0.257 e. The van der Waals surface area contributed by atoms with Crippen molar-refractivity contribution in [2.45, 2.75) is 6.54 Å². The Balaban J connectivity index is 1.60. The van der Waals surface area contributed by atoms with E-state index in [1.807, 2.05) is 24.3 Å². The molecule has 0 saturated carbocycles. The van der Waals surface area contributed by atoms with Crippen molar-refractivity contribution in [1.82, 2.24) is 19.3 Å². The molecule has 0 bridgehead atoms. The summed E-state index contributed by atoms with van der Waals surface area (Å²) >= 11 is 0. The summed E-state index contributed by atoms with van der Waals surface area (Å²) in [5.74, 6) is 1.82. The predicted molar refractivity (Wildman–Crippen MR) is 88.0 cm³/mol. The molecule has 3 rings (SSSR count). The number of rotatable bonds is 5. The van der Waals surface area contributed by atoms with E-state index in [4.69, 9.17) is 9.26 Å². The summed E-state index contributed by atoms with van der Waals surface area (Å²) in [5.41, 5.74) is 0.830. The number of hydrogen-bond acceptors (Lipinski definition) is 7. The van der Waals surface area contributed by atoms with E-state index in [2.05, 4.69) is 15.0 Å². The highest BCUT2D eigenvalue weighted by molar-refractivity contribution is 7.88. The Kier molecular flexibility index (Phi) is 4.83. The Morgan fingerprint density at radius 1 is 1.17 bits per heavy atom. The lowest BCUT2D eigenvalue weighted by atomic mass is 10.2. The maximum absolute atomic E-state index is 11.5. The minimum atomic E-state index is -3.11. The highest BCUT2D eigenvalue weighted by Gasteiger charge is 2.24. The van der Waals surface area contributed by atoms with Crippen molar-refractivity contribution in [3.63, 3.8) is 0 Å². The summed E-state index contributed by atoms with van der Waals surface area (Å²) in [4.78, 5) is 6.52. The summed E-state index contributed by atoms with van der Waals surface area (Å²) in [5, 5.41) is 4.01. The zero-order valence-electron chi connectivity index (χ0n) is 13.7. The molecule has 0 spiro atoms. The molecule has 0 atom stereocenters. The average Bonchev–Trinajstić information content (AvgIpc) is 3.03. The van der Waals surface area contributed by atoms with Crippen LogP contribution in [0.4, 0.5) is 0 Å². The minimum Gasteiger partial charge on any atom is -0.497 e. The molecule has 1 aliphatic rings. The second kappa shape index (κ2) is 6.88.